The average Bonchev–Trinajstić information content (AvgIpc) is 3.09. The second kappa shape index (κ2) is 10.2. The number of aryl methyl sites for hydroxylation is 1. The van der Waals surface area contributed by atoms with Crippen LogP contribution in [0.25, 0.3) is 0 Å². The summed E-state index contributed by atoms with van der Waals surface area (Å²) in [5.74, 6) is 0.462. The maximum atomic E-state index is 12.4. The summed E-state index contributed by atoms with van der Waals surface area (Å²) in [6.07, 6.45) is 0.667. The molecule has 0 aliphatic heterocycles. The lowest BCUT2D eigenvalue weighted by Crippen LogP contribution is -2.34. The van der Waals surface area contributed by atoms with Gasteiger partial charge in [-0.1, -0.05) is 0 Å². The molecule has 1 unspecified atom stereocenters. The van der Waals surface area contributed by atoms with Crippen molar-refractivity contribution >= 4 is 12.1 Å². The number of nitrogens with one attached hydrogen (secondary N) is 1. The van der Waals surface area contributed by atoms with Gasteiger partial charge in [0.2, 0.25) is 5.75 Å². The highest BCUT2D eigenvalue weighted by Gasteiger charge is 2.25. The quantitative estimate of drug-likeness (QED) is 0.475. The van der Waals surface area contributed by atoms with Crippen LogP contribution >= 0.6 is 0 Å². The monoisotopic (exact) mass is 434 g/mol. The van der Waals surface area contributed by atoms with Gasteiger partial charge in [-0.25, -0.2) is 14.6 Å². The van der Waals surface area contributed by atoms with Crippen molar-refractivity contribution in [1.82, 2.24) is 10.3 Å². The number of amides is 1. The van der Waals surface area contributed by atoms with Crippen molar-refractivity contribution in [3.63, 3.8) is 0 Å². The lowest BCUT2D eigenvalue weighted by molar-refractivity contribution is 0.0507. The second-order valence-electron chi connectivity index (χ2n) is 7.69. The molecule has 170 valence electrons. The van der Waals surface area contributed by atoms with Crippen LogP contribution in [0.2, 0.25) is 0 Å². The molecule has 0 spiro atoms. The maximum Gasteiger partial charge on any atom is 0.408 e. The minimum Gasteiger partial charge on any atom is -0.489 e. The van der Waals surface area contributed by atoms with E-state index in [9.17, 15) is 9.59 Å². The summed E-state index contributed by atoms with van der Waals surface area (Å²) >= 11 is 0. The molecular formula is C22H30N2O7. The van der Waals surface area contributed by atoms with Gasteiger partial charge < -0.3 is 28.7 Å². The molecule has 0 saturated heterocycles. The largest absolute Gasteiger partial charge is 0.489 e. The van der Waals surface area contributed by atoms with Crippen LogP contribution in [-0.4, -0.2) is 35.9 Å². The fraction of sp³-hybridized carbons (Fsp3) is 0.500. The molecule has 1 atom stereocenters. The molecule has 0 aliphatic carbocycles. The first-order chi connectivity index (χ1) is 14.6. The van der Waals surface area contributed by atoms with E-state index in [1.165, 1.54) is 6.26 Å². The van der Waals surface area contributed by atoms with Crippen LogP contribution < -0.4 is 19.5 Å². The van der Waals surface area contributed by atoms with Crippen molar-refractivity contribution in [3.05, 3.63) is 35.5 Å². The standard InChI is InChI=1S/C22H30N2O7/c1-8-27-18-15(13(3)23-21(26)31-22(5,6)7)10-11-17(19(18)28-9-2)30-20(25)16-12-29-14(4)24-16/h10-13H,8-9H2,1-7H3,(H,23,26). The molecule has 1 aromatic carbocycles. The maximum absolute atomic E-state index is 12.4. The van der Waals surface area contributed by atoms with Crippen LogP contribution in [-0.2, 0) is 4.74 Å². The van der Waals surface area contributed by atoms with Crippen LogP contribution in [0.1, 0.15) is 69.5 Å². The van der Waals surface area contributed by atoms with Crippen molar-refractivity contribution < 1.29 is 33.0 Å². The molecule has 0 saturated carbocycles. The number of aromatic nitrogens is 1. The Hall–Kier alpha value is -3.23. The molecular weight excluding hydrogens is 404 g/mol. The van der Waals surface area contributed by atoms with Gasteiger partial charge in [0.15, 0.2) is 23.1 Å². The predicted molar refractivity (Wildman–Crippen MR) is 113 cm³/mol. The molecule has 0 radical (unpaired) electrons. The average molecular weight is 434 g/mol. The number of esters is 1. The van der Waals surface area contributed by atoms with Gasteiger partial charge in [-0.05, 0) is 53.7 Å². The van der Waals surface area contributed by atoms with E-state index >= 15 is 0 Å². The van der Waals surface area contributed by atoms with Crippen molar-refractivity contribution in [2.75, 3.05) is 13.2 Å². The smallest absolute Gasteiger partial charge is 0.408 e. The number of nitrogens with zero attached hydrogens (tertiary/aromatic N) is 1. The Morgan fingerprint density at radius 3 is 2.32 bits per heavy atom. The van der Waals surface area contributed by atoms with Gasteiger partial charge in [-0.15, -0.1) is 0 Å². The van der Waals surface area contributed by atoms with Crippen LogP contribution in [0.3, 0.4) is 0 Å². The fourth-order valence-corrected chi connectivity index (χ4v) is 2.73. The molecule has 9 heteroatoms. The molecule has 1 N–H and O–H groups in total. The summed E-state index contributed by atoms with van der Waals surface area (Å²) in [4.78, 5) is 28.6. The third kappa shape index (κ3) is 6.63. The number of alkyl carbamates (subject to hydrolysis) is 1. The Kier molecular flexibility index (Phi) is 7.90. The summed E-state index contributed by atoms with van der Waals surface area (Å²) in [6.45, 7) is 13.1. The van der Waals surface area contributed by atoms with Gasteiger partial charge in [-0.2, -0.15) is 0 Å². The Bertz CT molecular complexity index is 915. The zero-order chi connectivity index (χ0) is 23.2. The van der Waals surface area contributed by atoms with Gasteiger partial charge in [0.1, 0.15) is 11.9 Å². The van der Waals surface area contributed by atoms with Crippen molar-refractivity contribution in [3.8, 4) is 17.2 Å². The number of hydrogen-bond acceptors (Lipinski definition) is 8. The molecule has 1 heterocycles. The number of hydrogen-bond donors (Lipinski definition) is 1. The van der Waals surface area contributed by atoms with Crippen molar-refractivity contribution in [2.24, 2.45) is 0 Å². The van der Waals surface area contributed by atoms with E-state index in [0.717, 1.165) is 0 Å². The minimum absolute atomic E-state index is 0.0435. The van der Waals surface area contributed by atoms with E-state index in [0.29, 0.717) is 30.4 Å². The van der Waals surface area contributed by atoms with E-state index in [1.807, 2.05) is 6.92 Å². The second-order valence-corrected chi connectivity index (χ2v) is 7.69. The predicted octanol–water partition coefficient (Wildman–Crippen LogP) is 4.59. The third-order valence-electron chi connectivity index (χ3n) is 3.91. The first-order valence-corrected chi connectivity index (χ1v) is 10.1. The van der Waals surface area contributed by atoms with E-state index in [4.69, 9.17) is 23.4 Å². The number of carbonyl (C=O) groups excluding carboxylic acids is 2. The number of benzene rings is 1. The topological polar surface area (TPSA) is 109 Å². The van der Waals surface area contributed by atoms with E-state index in [2.05, 4.69) is 10.3 Å². The first-order valence-electron chi connectivity index (χ1n) is 10.1. The molecule has 1 aromatic heterocycles. The Morgan fingerprint density at radius 1 is 1.13 bits per heavy atom. The zero-order valence-corrected chi connectivity index (χ0v) is 19.0. The van der Waals surface area contributed by atoms with Gasteiger partial charge in [0, 0.05) is 12.5 Å². The van der Waals surface area contributed by atoms with E-state index in [-0.39, 0.29) is 17.2 Å². The van der Waals surface area contributed by atoms with Gasteiger partial charge >= 0.3 is 12.1 Å². The van der Waals surface area contributed by atoms with Crippen LogP contribution in [0.4, 0.5) is 4.79 Å². The highest BCUT2D eigenvalue weighted by molar-refractivity contribution is 5.89. The highest BCUT2D eigenvalue weighted by atomic mass is 16.6. The first kappa shape index (κ1) is 24.0. The molecule has 2 aromatic rings. The summed E-state index contributed by atoms with van der Waals surface area (Å²) in [5.41, 5.74) is 0.0655. The van der Waals surface area contributed by atoms with Gasteiger partial charge in [0.05, 0.1) is 19.3 Å². The number of ether oxygens (including phenoxy) is 4. The summed E-state index contributed by atoms with van der Waals surface area (Å²) in [7, 11) is 0. The highest BCUT2D eigenvalue weighted by Crippen LogP contribution is 2.43. The third-order valence-corrected chi connectivity index (χ3v) is 3.91. The normalized spacial score (nSPS) is 12.1. The Labute approximate surface area is 182 Å². The molecule has 0 bridgehead atoms. The lowest BCUT2D eigenvalue weighted by Gasteiger charge is -2.24. The molecule has 1 amide bonds. The van der Waals surface area contributed by atoms with Gasteiger partial charge in [0.25, 0.3) is 0 Å². The number of oxazole rings is 1. The lowest BCUT2D eigenvalue weighted by atomic mass is 10.1. The molecule has 0 aliphatic rings. The van der Waals surface area contributed by atoms with Crippen LogP contribution in [0.15, 0.2) is 22.8 Å². The zero-order valence-electron chi connectivity index (χ0n) is 19.0. The van der Waals surface area contributed by atoms with Crippen molar-refractivity contribution in [1.29, 1.82) is 0 Å². The van der Waals surface area contributed by atoms with E-state index < -0.39 is 23.7 Å². The van der Waals surface area contributed by atoms with Gasteiger partial charge in [-0.3, -0.25) is 0 Å². The SMILES string of the molecule is CCOc1c(OC(=O)c2coc(C)n2)ccc(C(C)NC(=O)OC(C)(C)C)c1OCC. The minimum atomic E-state index is -0.687. The summed E-state index contributed by atoms with van der Waals surface area (Å²) in [6, 6.07) is 2.83. The summed E-state index contributed by atoms with van der Waals surface area (Å²) in [5, 5.41) is 2.78. The summed E-state index contributed by atoms with van der Waals surface area (Å²) < 4.78 is 27.4. The Balaban J connectivity index is 2.36. The van der Waals surface area contributed by atoms with E-state index in [1.54, 1.807) is 53.7 Å². The molecule has 9 nitrogen and oxygen atoms in total. The number of rotatable bonds is 8. The van der Waals surface area contributed by atoms with Crippen LogP contribution in [0, 0.1) is 6.92 Å². The van der Waals surface area contributed by atoms with Crippen molar-refractivity contribution in [2.45, 2.75) is 60.1 Å². The molecule has 31 heavy (non-hydrogen) atoms. The number of carbonyl (C=O) groups is 2. The van der Waals surface area contributed by atoms with Crippen LogP contribution in [0.5, 0.6) is 17.2 Å². The molecule has 2 rings (SSSR count). The fourth-order valence-electron chi connectivity index (χ4n) is 2.73. The Morgan fingerprint density at radius 2 is 1.77 bits per heavy atom. The molecule has 0 fully saturated rings.